The first-order valence-electron chi connectivity index (χ1n) is 5.29. The van der Waals surface area contributed by atoms with Crippen LogP contribution in [-0.4, -0.2) is 4.99 Å². The summed E-state index contributed by atoms with van der Waals surface area (Å²) in [4.78, 5) is 0.281. The molecule has 0 atom stereocenters. The largest absolute Gasteiger partial charge is 0.389 e. The molecule has 0 radical (unpaired) electrons. The van der Waals surface area contributed by atoms with Crippen molar-refractivity contribution >= 4 is 67.7 Å². The van der Waals surface area contributed by atoms with Gasteiger partial charge in [0.1, 0.15) is 4.99 Å². The molecule has 0 saturated heterocycles. The van der Waals surface area contributed by atoms with E-state index in [9.17, 15) is 0 Å². The first kappa shape index (κ1) is 14.6. The maximum absolute atomic E-state index is 5.98. The lowest BCUT2D eigenvalue weighted by atomic mass is 10.1. The van der Waals surface area contributed by atoms with Gasteiger partial charge < -0.3 is 11.1 Å². The number of hydrogen-bond acceptors (Lipinski definition) is 2. The Morgan fingerprint density at radius 3 is 2.37 bits per heavy atom. The van der Waals surface area contributed by atoms with Gasteiger partial charge in [-0.25, -0.2) is 0 Å². The highest BCUT2D eigenvalue weighted by Crippen LogP contribution is 2.31. The van der Waals surface area contributed by atoms with Crippen LogP contribution in [0, 0.1) is 0 Å². The van der Waals surface area contributed by atoms with E-state index in [0.717, 1.165) is 15.8 Å². The molecule has 0 fully saturated rings. The lowest BCUT2D eigenvalue weighted by Crippen LogP contribution is -2.12. The van der Waals surface area contributed by atoms with Crippen LogP contribution in [0.3, 0.4) is 0 Å². The topological polar surface area (TPSA) is 38.0 Å². The third-order valence-electron chi connectivity index (χ3n) is 2.44. The van der Waals surface area contributed by atoms with E-state index >= 15 is 0 Å². The van der Waals surface area contributed by atoms with Gasteiger partial charge in [-0.2, -0.15) is 0 Å². The highest BCUT2D eigenvalue weighted by atomic mass is 79.9. The van der Waals surface area contributed by atoms with Crippen molar-refractivity contribution in [3.05, 3.63) is 56.5 Å². The van der Waals surface area contributed by atoms with Crippen LogP contribution in [-0.2, 0) is 0 Å². The Hall–Kier alpha value is -0.810. The van der Waals surface area contributed by atoms with Crippen molar-refractivity contribution < 1.29 is 0 Å². The van der Waals surface area contributed by atoms with Crippen molar-refractivity contribution in [3.63, 3.8) is 0 Å². The minimum absolute atomic E-state index is 0.281. The average molecular weight is 376 g/mol. The monoisotopic (exact) mass is 374 g/mol. The van der Waals surface area contributed by atoms with E-state index in [1.54, 1.807) is 18.2 Å². The van der Waals surface area contributed by atoms with Crippen molar-refractivity contribution in [2.75, 3.05) is 5.32 Å². The number of anilines is 2. The van der Waals surface area contributed by atoms with Gasteiger partial charge in [0, 0.05) is 25.8 Å². The fourth-order valence-electron chi connectivity index (χ4n) is 1.57. The number of thiocarbonyl (C=S) groups is 1. The summed E-state index contributed by atoms with van der Waals surface area (Å²) in [5.74, 6) is 0. The fraction of sp³-hybridized carbons (Fsp3) is 0. The van der Waals surface area contributed by atoms with Crippen LogP contribution < -0.4 is 11.1 Å². The molecule has 0 aliphatic rings. The lowest BCUT2D eigenvalue weighted by Gasteiger charge is -2.13. The molecule has 0 amide bonds. The van der Waals surface area contributed by atoms with Gasteiger partial charge in [-0.1, -0.05) is 35.4 Å². The van der Waals surface area contributed by atoms with Gasteiger partial charge in [0.2, 0.25) is 0 Å². The summed E-state index contributed by atoms with van der Waals surface area (Å²) in [6, 6.07) is 10.8. The van der Waals surface area contributed by atoms with E-state index in [1.807, 2.05) is 18.2 Å². The Bertz CT molecular complexity index is 647. The van der Waals surface area contributed by atoms with E-state index in [4.69, 9.17) is 41.2 Å². The normalized spacial score (nSPS) is 10.3. The van der Waals surface area contributed by atoms with Gasteiger partial charge in [0.05, 0.1) is 5.69 Å². The molecule has 2 aromatic carbocycles. The molecule has 0 aliphatic carbocycles. The second-order valence-corrected chi connectivity index (χ2v) is 5.97. The minimum Gasteiger partial charge on any atom is -0.389 e. The predicted molar refractivity (Wildman–Crippen MR) is 89.8 cm³/mol. The molecule has 0 heterocycles. The first-order chi connectivity index (χ1) is 8.97. The molecule has 2 rings (SSSR count). The third kappa shape index (κ3) is 3.60. The summed E-state index contributed by atoms with van der Waals surface area (Å²) in [6.07, 6.45) is 0. The van der Waals surface area contributed by atoms with Crippen molar-refractivity contribution in [1.82, 2.24) is 0 Å². The Morgan fingerprint density at radius 1 is 1.05 bits per heavy atom. The van der Waals surface area contributed by atoms with Crippen molar-refractivity contribution in [2.45, 2.75) is 0 Å². The smallest absolute Gasteiger partial charge is 0.106 e. The summed E-state index contributed by atoms with van der Waals surface area (Å²) < 4.78 is 0.890. The van der Waals surface area contributed by atoms with Crippen LogP contribution in [0.1, 0.15) is 5.56 Å². The Morgan fingerprint density at radius 2 is 1.68 bits per heavy atom. The van der Waals surface area contributed by atoms with Crippen LogP contribution >= 0.6 is 51.3 Å². The zero-order chi connectivity index (χ0) is 14.0. The molecule has 2 nitrogen and oxygen atoms in total. The molecule has 0 bridgehead atoms. The summed E-state index contributed by atoms with van der Waals surface area (Å²) in [6.45, 7) is 0. The third-order valence-corrected chi connectivity index (χ3v) is 3.83. The van der Waals surface area contributed by atoms with E-state index in [2.05, 4.69) is 21.2 Å². The molecule has 19 heavy (non-hydrogen) atoms. The Labute approximate surface area is 135 Å². The number of halogens is 3. The van der Waals surface area contributed by atoms with E-state index in [0.29, 0.717) is 15.6 Å². The van der Waals surface area contributed by atoms with Crippen LogP contribution in [0.2, 0.25) is 10.0 Å². The van der Waals surface area contributed by atoms with Crippen LogP contribution in [0.15, 0.2) is 40.9 Å². The summed E-state index contributed by atoms with van der Waals surface area (Å²) in [5, 5.41) is 4.45. The SMILES string of the molecule is NC(=S)c1cc(Cl)ccc1Nc1cc(Cl)ccc1Br. The van der Waals surface area contributed by atoms with E-state index in [1.165, 1.54) is 0 Å². The zero-order valence-electron chi connectivity index (χ0n) is 9.58. The number of nitrogens with one attached hydrogen (secondary N) is 1. The van der Waals surface area contributed by atoms with Crippen LogP contribution in [0.5, 0.6) is 0 Å². The standard InChI is InChI=1S/C13H9BrCl2N2S/c14-10-3-1-8(16)6-12(10)18-11-4-2-7(15)5-9(11)13(17)19/h1-6,18H,(H2,17,19). The second-order valence-electron chi connectivity index (χ2n) is 3.80. The highest BCUT2D eigenvalue weighted by molar-refractivity contribution is 9.10. The van der Waals surface area contributed by atoms with Gasteiger partial charge in [0.25, 0.3) is 0 Å². The van der Waals surface area contributed by atoms with Gasteiger partial charge in [-0.15, -0.1) is 0 Å². The van der Waals surface area contributed by atoms with Crippen LogP contribution in [0.4, 0.5) is 11.4 Å². The Balaban J connectivity index is 2.43. The van der Waals surface area contributed by atoms with Gasteiger partial charge in [-0.05, 0) is 52.3 Å². The van der Waals surface area contributed by atoms with E-state index in [-0.39, 0.29) is 4.99 Å². The fourth-order valence-corrected chi connectivity index (χ4v) is 2.43. The van der Waals surface area contributed by atoms with Gasteiger partial charge >= 0.3 is 0 Å². The minimum atomic E-state index is 0.281. The van der Waals surface area contributed by atoms with Crippen LogP contribution in [0.25, 0.3) is 0 Å². The van der Waals surface area contributed by atoms with Crippen molar-refractivity contribution in [1.29, 1.82) is 0 Å². The Kier molecular flexibility index (Phi) is 4.68. The summed E-state index contributed by atoms with van der Waals surface area (Å²) in [5.41, 5.74) is 7.99. The molecule has 0 saturated carbocycles. The summed E-state index contributed by atoms with van der Waals surface area (Å²) in [7, 11) is 0. The zero-order valence-corrected chi connectivity index (χ0v) is 13.5. The lowest BCUT2D eigenvalue weighted by molar-refractivity contribution is 1.50. The molecule has 2 aromatic rings. The predicted octanol–water partition coefficient (Wildman–Crippen LogP) is 5.13. The molecular formula is C13H9BrCl2N2S. The van der Waals surface area contributed by atoms with Crippen molar-refractivity contribution in [2.24, 2.45) is 5.73 Å². The van der Waals surface area contributed by atoms with Crippen molar-refractivity contribution in [3.8, 4) is 0 Å². The number of benzene rings is 2. The number of rotatable bonds is 3. The maximum Gasteiger partial charge on any atom is 0.106 e. The summed E-state index contributed by atoms with van der Waals surface area (Å²) >= 11 is 20.4. The highest BCUT2D eigenvalue weighted by Gasteiger charge is 2.08. The van der Waals surface area contributed by atoms with Gasteiger partial charge in [0.15, 0.2) is 0 Å². The second kappa shape index (κ2) is 6.09. The first-order valence-corrected chi connectivity index (χ1v) is 7.24. The van der Waals surface area contributed by atoms with E-state index < -0.39 is 0 Å². The molecule has 0 unspecified atom stereocenters. The molecule has 0 aromatic heterocycles. The quantitative estimate of drug-likeness (QED) is 0.730. The molecule has 0 spiro atoms. The molecule has 98 valence electrons. The molecule has 3 N–H and O–H groups in total. The maximum atomic E-state index is 5.98. The molecule has 6 heteroatoms. The average Bonchev–Trinajstić information content (AvgIpc) is 2.35. The molecular weight excluding hydrogens is 367 g/mol. The number of hydrogen-bond donors (Lipinski definition) is 2. The van der Waals surface area contributed by atoms with Gasteiger partial charge in [-0.3, -0.25) is 0 Å². The molecule has 0 aliphatic heterocycles. The number of nitrogens with two attached hydrogens (primary N) is 1.